The molecule has 0 radical (unpaired) electrons. The van der Waals surface area contributed by atoms with Crippen molar-refractivity contribution in [2.75, 3.05) is 33.2 Å². The maximum absolute atomic E-state index is 11.2. The minimum absolute atomic E-state index is 0.101. The molecule has 1 aromatic heterocycles. The SMILES string of the molecule is CC(=O)N1CCN(C(C#N)c2cccnc2)CC1.CNC(C)c1ccccc1. The maximum Gasteiger partial charge on any atom is 0.219 e. The lowest BCUT2D eigenvalue weighted by molar-refractivity contribution is -0.130. The van der Waals surface area contributed by atoms with E-state index in [2.05, 4.69) is 52.5 Å². The fraction of sp³-hybridized carbons (Fsp3) is 0.409. The monoisotopic (exact) mass is 379 g/mol. The third-order valence-electron chi connectivity index (χ3n) is 4.98. The molecule has 1 saturated heterocycles. The normalized spacial score (nSPS) is 16.3. The molecule has 3 rings (SSSR count). The second kappa shape index (κ2) is 11.2. The van der Waals surface area contributed by atoms with Gasteiger partial charge in [0.25, 0.3) is 0 Å². The third-order valence-corrected chi connectivity index (χ3v) is 4.98. The Morgan fingerprint density at radius 2 is 1.75 bits per heavy atom. The smallest absolute Gasteiger partial charge is 0.219 e. The predicted octanol–water partition coefficient (Wildman–Crippen LogP) is 2.78. The first-order valence-corrected chi connectivity index (χ1v) is 9.58. The maximum atomic E-state index is 11.2. The molecule has 0 saturated carbocycles. The highest BCUT2D eigenvalue weighted by atomic mass is 16.2. The molecule has 2 unspecified atom stereocenters. The van der Waals surface area contributed by atoms with Crippen LogP contribution in [0.4, 0.5) is 0 Å². The number of nitrogens with zero attached hydrogens (tertiary/aromatic N) is 4. The number of hydrogen-bond acceptors (Lipinski definition) is 5. The van der Waals surface area contributed by atoms with E-state index in [-0.39, 0.29) is 11.9 Å². The van der Waals surface area contributed by atoms with E-state index >= 15 is 0 Å². The Bertz CT molecular complexity index is 752. The van der Waals surface area contributed by atoms with E-state index in [1.54, 1.807) is 19.3 Å². The second-order valence-corrected chi connectivity index (χ2v) is 6.78. The molecule has 1 fully saturated rings. The largest absolute Gasteiger partial charge is 0.340 e. The van der Waals surface area contributed by atoms with Crippen LogP contribution in [0.5, 0.6) is 0 Å². The summed E-state index contributed by atoms with van der Waals surface area (Å²) < 4.78 is 0. The molecule has 1 aliphatic heterocycles. The number of amides is 1. The fourth-order valence-corrected chi connectivity index (χ4v) is 3.11. The van der Waals surface area contributed by atoms with E-state index in [1.165, 1.54) is 5.56 Å². The van der Waals surface area contributed by atoms with Crippen molar-refractivity contribution in [2.45, 2.75) is 25.9 Å². The summed E-state index contributed by atoms with van der Waals surface area (Å²) in [5.74, 6) is 0.101. The zero-order valence-corrected chi connectivity index (χ0v) is 16.9. The number of nitrogens with one attached hydrogen (secondary N) is 1. The molecular weight excluding hydrogens is 350 g/mol. The lowest BCUT2D eigenvalue weighted by Gasteiger charge is -2.36. The number of nitriles is 1. The first kappa shape index (κ1) is 21.5. The average molecular weight is 380 g/mol. The van der Waals surface area contributed by atoms with Gasteiger partial charge in [-0.3, -0.25) is 14.7 Å². The summed E-state index contributed by atoms with van der Waals surface area (Å²) in [5, 5.41) is 12.5. The van der Waals surface area contributed by atoms with Gasteiger partial charge in [0.05, 0.1) is 6.07 Å². The third kappa shape index (κ3) is 6.15. The van der Waals surface area contributed by atoms with E-state index in [0.717, 1.165) is 18.7 Å². The summed E-state index contributed by atoms with van der Waals surface area (Å²) in [4.78, 5) is 19.2. The van der Waals surface area contributed by atoms with E-state index in [9.17, 15) is 10.1 Å². The summed E-state index contributed by atoms with van der Waals surface area (Å²) in [7, 11) is 1.97. The predicted molar refractivity (Wildman–Crippen MR) is 110 cm³/mol. The minimum Gasteiger partial charge on any atom is -0.340 e. The van der Waals surface area contributed by atoms with Crippen LogP contribution in [-0.2, 0) is 4.79 Å². The molecule has 28 heavy (non-hydrogen) atoms. The van der Waals surface area contributed by atoms with Gasteiger partial charge in [-0.1, -0.05) is 36.4 Å². The van der Waals surface area contributed by atoms with Crippen molar-refractivity contribution < 1.29 is 4.79 Å². The lowest BCUT2D eigenvalue weighted by Crippen LogP contribution is -2.48. The standard InChI is InChI=1S/C13H16N4O.C9H13N/c1-11(18)16-5-7-17(8-6-16)13(9-14)12-3-2-4-15-10-12;1-8(10-2)9-6-4-3-5-7-9/h2-4,10,13H,5-8H2,1H3;3-8,10H,1-2H3. The van der Waals surface area contributed by atoms with Gasteiger partial charge in [-0.05, 0) is 25.6 Å². The summed E-state index contributed by atoms with van der Waals surface area (Å²) in [6.07, 6.45) is 3.43. The Balaban J connectivity index is 0.000000237. The van der Waals surface area contributed by atoms with Gasteiger partial charge in [0.1, 0.15) is 6.04 Å². The van der Waals surface area contributed by atoms with E-state index < -0.39 is 0 Å². The van der Waals surface area contributed by atoms with Crippen molar-refractivity contribution in [3.63, 3.8) is 0 Å². The van der Waals surface area contributed by atoms with Gasteiger partial charge in [0, 0.05) is 57.1 Å². The van der Waals surface area contributed by atoms with Crippen LogP contribution in [0, 0.1) is 11.3 Å². The number of rotatable bonds is 4. The molecule has 2 heterocycles. The molecule has 1 N–H and O–H groups in total. The Labute approximate surface area is 167 Å². The van der Waals surface area contributed by atoms with Crippen LogP contribution >= 0.6 is 0 Å². The molecule has 1 aliphatic rings. The Morgan fingerprint density at radius 3 is 2.25 bits per heavy atom. The van der Waals surface area contributed by atoms with Crippen molar-refractivity contribution in [1.29, 1.82) is 5.26 Å². The van der Waals surface area contributed by atoms with E-state index in [4.69, 9.17) is 0 Å². The number of hydrogen-bond donors (Lipinski definition) is 1. The number of piperazine rings is 1. The average Bonchev–Trinajstić information content (AvgIpc) is 2.76. The van der Waals surface area contributed by atoms with Crippen LogP contribution in [0.25, 0.3) is 0 Å². The molecule has 6 heteroatoms. The van der Waals surface area contributed by atoms with Crippen LogP contribution in [0.3, 0.4) is 0 Å². The van der Waals surface area contributed by atoms with Crippen molar-refractivity contribution in [3.8, 4) is 6.07 Å². The highest BCUT2D eigenvalue weighted by Gasteiger charge is 2.25. The van der Waals surface area contributed by atoms with Gasteiger partial charge in [0.2, 0.25) is 5.91 Å². The quantitative estimate of drug-likeness (QED) is 0.884. The lowest BCUT2D eigenvalue weighted by atomic mass is 10.1. The first-order valence-electron chi connectivity index (χ1n) is 9.58. The Hall–Kier alpha value is -2.75. The van der Waals surface area contributed by atoms with Crippen LogP contribution in [0.2, 0.25) is 0 Å². The minimum atomic E-state index is -0.271. The summed E-state index contributed by atoms with van der Waals surface area (Å²) >= 11 is 0. The van der Waals surface area contributed by atoms with Crippen molar-refractivity contribution >= 4 is 5.91 Å². The van der Waals surface area contributed by atoms with Gasteiger partial charge in [-0.15, -0.1) is 0 Å². The molecule has 148 valence electrons. The second-order valence-electron chi connectivity index (χ2n) is 6.78. The molecule has 2 aromatic rings. The van der Waals surface area contributed by atoms with E-state index in [1.807, 2.05) is 30.1 Å². The summed E-state index contributed by atoms with van der Waals surface area (Å²) in [6.45, 7) is 6.56. The molecular formula is C22H29N5O. The van der Waals surface area contributed by atoms with Crippen molar-refractivity contribution in [1.82, 2.24) is 20.1 Å². The number of carbonyl (C=O) groups is 1. The number of pyridine rings is 1. The first-order chi connectivity index (χ1) is 13.6. The Kier molecular flexibility index (Phi) is 8.60. The molecule has 1 amide bonds. The number of carbonyl (C=O) groups excluding carboxylic acids is 1. The zero-order chi connectivity index (χ0) is 20.4. The fourth-order valence-electron chi connectivity index (χ4n) is 3.11. The van der Waals surface area contributed by atoms with Crippen LogP contribution in [0.1, 0.15) is 37.1 Å². The van der Waals surface area contributed by atoms with Crippen LogP contribution in [0.15, 0.2) is 54.9 Å². The topological polar surface area (TPSA) is 72.3 Å². The van der Waals surface area contributed by atoms with Gasteiger partial charge in [-0.25, -0.2) is 0 Å². The molecule has 2 atom stereocenters. The van der Waals surface area contributed by atoms with Crippen molar-refractivity contribution in [2.24, 2.45) is 0 Å². The van der Waals surface area contributed by atoms with Gasteiger partial charge in [0.15, 0.2) is 0 Å². The highest BCUT2D eigenvalue weighted by Crippen LogP contribution is 2.20. The Morgan fingerprint density at radius 1 is 1.11 bits per heavy atom. The number of aromatic nitrogens is 1. The molecule has 0 aliphatic carbocycles. The highest BCUT2D eigenvalue weighted by molar-refractivity contribution is 5.73. The molecule has 0 spiro atoms. The van der Waals surface area contributed by atoms with Crippen molar-refractivity contribution in [3.05, 3.63) is 66.0 Å². The number of benzene rings is 1. The van der Waals surface area contributed by atoms with Crippen LogP contribution < -0.4 is 5.32 Å². The summed E-state index contributed by atoms with van der Waals surface area (Å²) in [5.41, 5.74) is 2.25. The molecule has 6 nitrogen and oxygen atoms in total. The van der Waals surface area contributed by atoms with Gasteiger partial charge in [-0.2, -0.15) is 5.26 Å². The van der Waals surface area contributed by atoms with E-state index in [0.29, 0.717) is 19.1 Å². The molecule has 1 aromatic carbocycles. The zero-order valence-electron chi connectivity index (χ0n) is 16.9. The van der Waals surface area contributed by atoms with Gasteiger partial charge < -0.3 is 10.2 Å². The van der Waals surface area contributed by atoms with Gasteiger partial charge >= 0.3 is 0 Å². The summed E-state index contributed by atoms with van der Waals surface area (Å²) in [6, 6.07) is 16.7. The molecule has 0 bridgehead atoms. The van der Waals surface area contributed by atoms with Crippen LogP contribution in [-0.4, -0.2) is 53.9 Å².